The summed E-state index contributed by atoms with van der Waals surface area (Å²) in [7, 11) is 0. The largest absolute Gasteiger partial charge is 0.492 e. The predicted molar refractivity (Wildman–Crippen MR) is 136 cm³/mol. The van der Waals surface area contributed by atoms with Gasteiger partial charge in [0.2, 0.25) is 5.76 Å². The summed E-state index contributed by atoms with van der Waals surface area (Å²) in [6, 6.07) is 7.50. The van der Waals surface area contributed by atoms with Crippen LogP contribution in [-0.2, 0) is 25.9 Å². The third kappa shape index (κ3) is 6.83. The molecule has 1 aromatic carbocycles. The Morgan fingerprint density at radius 3 is 2.38 bits per heavy atom. The lowest BCUT2D eigenvalue weighted by atomic mass is 9.83. The molecule has 4 rings (SSSR count). The van der Waals surface area contributed by atoms with Gasteiger partial charge >= 0.3 is 12.1 Å². The number of morpholine rings is 1. The molecule has 0 atom stereocenters. The van der Waals surface area contributed by atoms with E-state index < -0.39 is 35.3 Å². The number of carbonyl (C=O) groups is 2. The first-order chi connectivity index (χ1) is 18.3. The number of fused-ring (bicyclic) bond motifs is 1. The topological polar surface area (TPSA) is 81.5 Å². The zero-order valence-electron chi connectivity index (χ0n) is 22.5. The maximum absolute atomic E-state index is 13.5. The van der Waals surface area contributed by atoms with E-state index in [1.807, 2.05) is 0 Å². The first-order valence-electron chi connectivity index (χ1n) is 12.8. The molecular weight excluding hydrogens is 517 g/mol. The number of esters is 1. The Morgan fingerprint density at radius 2 is 1.77 bits per heavy atom. The first kappa shape index (κ1) is 28.7. The van der Waals surface area contributed by atoms with Crippen LogP contribution in [-0.4, -0.2) is 73.8 Å². The average Bonchev–Trinajstić information content (AvgIpc) is 3.30. The minimum atomic E-state index is -4.74. The Hall–Kier alpha value is -3.31. The highest BCUT2D eigenvalue weighted by Gasteiger charge is 2.43. The second-order valence-corrected chi connectivity index (χ2v) is 10.5. The zero-order chi connectivity index (χ0) is 28.4. The molecule has 0 saturated carbocycles. The van der Waals surface area contributed by atoms with Gasteiger partial charge in [-0.2, -0.15) is 13.2 Å². The fraction of sp³-hybridized carbons (Fsp3) is 0.500. The fourth-order valence-electron chi connectivity index (χ4n) is 4.53. The molecular formula is C28H33F3N2O6. The van der Waals surface area contributed by atoms with E-state index in [4.69, 9.17) is 18.6 Å². The van der Waals surface area contributed by atoms with Crippen molar-refractivity contribution >= 4 is 17.4 Å². The summed E-state index contributed by atoms with van der Waals surface area (Å²) in [5.74, 6) is -2.18. The second kappa shape index (κ2) is 11.4. The molecule has 0 N–H and O–H groups in total. The predicted octanol–water partition coefficient (Wildman–Crippen LogP) is 4.74. The van der Waals surface area contributed by atoms with Crippen molar-refractivity contribution < 1.29 is 41.4 Å². The molecule has 1 aromatic heterocycles. The van der Waals surface area contributed by atoms with E-state index in [-0.39, 0.29) is 23.4 Å². The Morgan fingerprint density at radius 1 is 1.10 bits per heavy atom. The molecule has 39 heavy (non-hydrogen) atoms. The normalized spacial score (nSPS) is 17.8. The number of nitrogens with zero attached hydrogens (tertiary/aromatic N) is 2. The van der Waals surface area contributed by atoms with Crippen molar-refractivity contribution in [3.63, 3.8) is 0 Å². The average molecular weight is 551 g/mol. The van der Waals surface area contributed by atoms with E-state index in [2.05, 4.69) is 4.90 Å². The summed E-state index contributed by atoms with van der Waals surface area (Å²) < 4.78 is 62.1. The molecule has 2 aliphatic rings. The van der Waals surface area contributed by atoms with E-state index in [9.17, 15) is 22.8 Å². The van der Waals surface area contributed by atoms with Gasteiger partial charge in [0, 0.05) is 48.9 Å². The Bertz CT molecular complexity index is 1210. The highest BCUT2D eigenvalue weighted by Crippen LogP contribution is 2.42. The van der Waals surface area contributed by atoms with Crippen molar-refractivity contribution in [3.8, 4) is 5.75 Å². The molecule has 1 fully saturated rings. The van der Waals surface area contributed by atoms with Gasteiger partial charge in [0.05, 0.1) is 19.3 Å². The van der Waals surface area contributed by atoms with Crippen LogP contribution >= 0.6 is 0 Å². The van der Waals surface area contributed by atoms with E-state index in [0.29, 0.717) is 31.1 Å². The Labute approximate surface area is 225 Å². The van der Waals surface area contributed by atoms with Crippen LogP contribution in [0.2, 0.25) is 0 Å². The highest BCUT2D eigenvalue weighted by atomic mass is 19.4. The van der Waals surface area contributed by atoms with Crippen LogP contribution in [0.25, 0.3) is 5.57 Å². The first-order valence-corrected chi connectivity index (χ1v) is 12.8. The molecule has 0 aliphatic carbocycles. The van der Waals surface area contributed by atoms with Gasteiger partial charge in [-0.25, -0.2) is 4.79 Å². The van der Waals surface area contributed by atoms with Crippen molar-refractivity contribution in [3.05, 3.63) is 59.2 Å². The van der Waals surface area contributed by atoms with Crippen molar-refractivity contribution in [1.82, 2.24) is 9.80 Å². The Kier molecular flexibility index (Phi) is 8.41. The van der Waals surface area contributed by atoms with Crippen molar-refractivity contribution in [2.24, 2.45) is 0 Å². The number of carbonyl (C=O) groups excluding carboxylic acids is 2. The summed E-state index contributed by atoms with van der Waals surface area (Å²) in [5, 5.41) is 0. The number of hydrogen-bond acceptors (Lipinski definition) is 7. The third-order valence-corrected chi connectivity index (χ3v) is 6.54. The van der Waals surface area contributed by atoms with Crippen LogP contribution in [0.3, 0.4) is 0 Å². The number of amides is 1. The molecule has 3 heterocycles. The van der Waals surface area contributed by atoms with Gasteiger partial charge in [0.25, 0.3) is 5.91 Å². The van der Waals surface area contributed by atoms with Gasteiger partial charge in [-0.05, 0) is 44.2 Å². The van der Waals surface area contributed by atoms with Gasteiger partial charge in [-0.1, -0.05) is 13.8 Å². The number of hydrogen-bond donors (Lipinski definition) is 0. The fourth-order valence-corrected chi connectivity index (χ4v) is 4.53. The van der Waals surface area contributed by atoms with Gasteiger partial charge in [0.15, 0.2) is 0 Å². The van der Waals surface area contributed by atoms with Crippen LogP contribution in [0.15, 0.2) is 40.9 Å². The number of furan rings is 1. The lowest BCUT2D eigenvalue weighted by Crippen LogP contribution is -2.38. The molecule has 11 heteroatoms. The monoisotopic (exact) mass is 550 g/mol. The van der Waals surface area contributed by atoms with Crippen LogP contribution in [0.4, 0.5) is 13.2 Å². The van der Waals surface area contributed by atoms with Crippen LogP contribution in [0, 0.1) is 0 Å². The molecule has 0 spiro atoms. The van der Waals surface area contributed by atoms with Crippen molar-refractivity contribution in [1.29, 1.82) is 0 Å². The summed E-state index contributed by atoms with van der Waals surface area (Å²) in [4.78, 5) is 30.0. The molecule has 0 bridgehead atoms. The molecule has 1 saturated heterocycles. The molecule has 8 nitrogen and oxygen atoms in total. The van der Waals surface area contributed by atoms with E-state index in [0.717, 1.165) is 25.7 Å². The van der Waals surface area contributed by atoms with E-state index in [1.54, 1.807) is 52.0 Å². The standard InChI is InChI=1S/C28H33F3N2O6/c1-18(2)38-26(35)21-16-33(17-27(3,4)22-15-23(28(29,30)31)39-24(21)22)25(34)19-5-7-20(8-6-19)37-14-11-32-9-12-36-13-10-32/h5-8,15-16,18H,9-14,17H2,1-4H3. The molecule has 0 unspecified atom stereocenters. The van der Waals surface area contributed by atoms with Gasteiger partial charge < -0.3 is 23.5 Å². The van der Waals surface area contributed by atoms with Crippen LogP contribution < -0.4 is 4.74 Å². The quantitative estimate of drug-likeness (QED) is 0.461. The lowest BCUT2D eigenvalue weighted by molar-refractivity contribution is -0.153. The second-order valence-electron chi connectivity index (χ2n) is 10.5. The smallest absolute Gasteiger partial charge is 0.449 e. The maximum Gasteiger partial charge on any atom is 0.449 e. The Balaban J connectivity index is 1.57. The minimum Gasteiger partial charge on any atom is -0.492 e. The number of halogens is 3. The number of benzene rings is 1. The van der Waals surface area contributed by atoms with Crippen LogP contribution in [0.5, 0.6) is 5.75 Å². The SMILES string of the molecule is CC(C)OC(=O)C1=CN(C(=O)c2ccc(OCCN3CCOCC3)cc2)CC(C)(C)c2cc(C(F)(F)F)oc21. The molecule has 2 aromatic rings. The van der Waals surface area contributed by atoms with Gasteiger partial charge in [-0.3, -0.25) is 9.69 Å². The maximum atomic E-state index is 13.5. The molecule has 1 amide bonds. The summed E-state index contributed by atoms with van der Waals surface area (Å²) >= 11 is 0. The number of alkyl halides is 3. The third-order valence-electron chi connectivity index (χ3n) is 6.54. The highest BCUT2D eigenvalue weighted by molar-refractivity contribution is 6.17. The molecule has 2 aliphatic heterocycles. The van der Waals surface area contributed by atoms with Gasteiger partial charge in [0.1, 0.15) is 23.7 Å². The summed E-state index contributed by atoms with van der Waals surface area (Å²) in [6.45, 7) is 11.0. The molecule has 212 valence electrons. The van der Waals surface area contributed by atoms with Crippen molar-refractivity contribution in [2.45, 2.75) is 45.4 Å². The summed E-state index contributed by atoms with van der Waals surface area (Å²) in [6.07, 6.45) is -4.05. The molecule has 0 radical (unpaired) electrons. The number of rotatable bonds is 7. The number of ether oxygens (including phenoxy) is 3. The zero-order valence-corrected chi connectivity index (χ0v) is 22.5. The minimum absolute atomic E-state index is 0.00588. The summed E-state index contributed by atoms with van der Waals surface area (Å²) in [5.41, 5.74) is -0.734. The lowest BCUT2D eigenvalue weighted by Gasteiger charge is -2.29. The van der Waals surface area contributed by atoms with Crippen LogP contribution in [0.1, 0.15) is 55.1 Å². The van der Waals surface area contributed by atoms with Crippen molar-refractivity contribution in [2.75, 3.05) is 46.0 Å². The van der Waals surface area contributed by atoms with E-state index >= 15 is 0 Å². The van der Waals surface area contributed by atoms with Gasteiger partial charge in [-0.15, -0.1) is 0 Å². The van der Waals surface area contributed by atoms with E-state index in [1.165, 1.54) is 11.1 Å².